The zero-order valence-electron chi connectivity index (χ0n) is 12.0. The average molecular weight is 297 g/mol. The van der Waals surface area contributed by atoms with Crippen LogP contribution in [0.15, 0.2) is 36.4 Å². The van der Waals surface area contributed by atoms with Crippen molar-refractivity contribution in [2.75, 3.05) is 11.9 Å². The molecule has 0 aromatic heterocycles. The van der Waals surface area contributed by atoms with Crippen LogP contribution in [0.1, 0.15) is 16.7 Å². The molecular formula is C16H15N3O3. The molecule has 0 spiro atoms. The third-order valence-corrected chi connectivity index (χ3v) is 3.29. The van der Waals surface area contributed by atoms with E-state index in [9.17, 15) is 10.1 Å². The average Bonchev–Trinajstić information content (AvgIpc) is 2.49. The Morgan fingerprint density at radius 3 is 2.55 bits per heavy atom. The van der Waals surface area contributed by atoms with Gasteiger partial charge in [0, 0.05) is 18.4 Å². The molecule has 0 bridgehead atoms. The Hall–Kier alpha value is -2.91. The summed E-state index contributed by atoms with van der Waals surface area (Å²) in [6.45, 7) is 1.81. The van der Waals surface area contributed by atoms with Gasteiger partial charge < -0.3 is 10.4 Å². The van der Waals surface area contributed by atoms with Gasteiger partial charge in [-0.25, -0.2) is 0 Å². The highest BCUT2D eigenvalue weighted by Gasteiger charge is 2.17. The summed E-state index contributed by atoms with van der Waals surface area (Å²) in [7, 11) is 0. The molecule has 0 unspecified atom stereocenters. The lowest BCUT2D eigenvalue weighted by Crippen LogP contribution is -1.99. The van der Waals surface area contributed by atoms with Crippen LogP contribution in [-0.4, -0.2) is 16.6 Å². The number of rotatable bonds is 5. The van der Waals surface area contributed by atoms with E-state index in [4.69, 9.17) is 10.4 Å². The van der Waals surface area contributed by atoms with E-state index in [1.807, 2.05) is 18.2 Å². The van der Waals surface area contributed by atoms with Gasteiger partial charge in [-0.15, -0.1) is 0 Å². The molecule has 0 aliphatic carbocycles. The number of hydrogen-bond donors (Lipinski definition) is 2. The maximum Gasteiger partial charge on any atom is 0.294 e. The lowest BCUT2D eigenvalue weighted by molar-refractivity contribution is -0.383. The predicted molar refractivity (Wildman–Crippen MR) is 83.1 cm³/mol. The molecule has 112 valence electrons. The van der Waals surface area contributed by atoms with Gasteiger partial charge in [-0.3, -0.25) is 10.1 Å². The minimum atomic E-state index is -0.511. The van der Waals surface area contributed by atoms with Gasteiger partial charge in [-0.1, -0.05) is 12.1 Å². The number of nitrogens with one attached hydrogen (secondary N) is 1. The number of aliphatic hydroxyl groups excluding tert-OH is 1. The lowest BCUT2D eigenvalue weighted by atomic mass is 10.1. The first-order chi connectivity index (χ1) is 10.5. The zero-order valence-corrected chi connectivity index (χ0v) is 12.0. The molecule has 6 nitrogen and oxygen atoms in total. The summed E-state index contributed by atoms with van der Waals surface area (Å²) in [5, 5.41) is 32.0. The number of nitriles is 1. The van der Waals surface area contributed by atoms with Crippen LogP contribution in [0.4, 0.5) is 17.1 Å². The molecule has 2 aromatic rings. The van der Waals surface area contributed by atoms with E-state index in [0.717, 1.165) is 5.56 Å². The molecule has 0 aliphatic heterocycles. The molecule has 0 aliphatic rings. The van der Waals surface area contributed by atoms with Crippen molar-refractivity contribution >= 4 is 17.1 Å². The van der Waals surface area contributed by atoms with Crippen LogP contribution in [-0.2, 0) is 6.42 Å². The SMILES string of the molecule is Cc1cc(Nc2ccc(CCO)cc2)c([N+](=O)[O-])cc1C#N. The van der Waals surface area contributed by atoms with Gasteiger partial charge in [0.15, 0.2) is 0 Å². The van der Waals surface area contributed by atoms with E-state index in [2.05, 4.69) is 5.32 Å². The maximum atomic E-state index is 11.2. The summed E-state index contributed by atoms with van der Waals surface area (Å²) in [5.74, 6) is 0. The van der Waals surface area contributed by atoms with E-state index in [0.29, 0.717) is 23.4 Å². The zero-order chi connectivity index (χ0) is 16.1. The summed E-state index contributed by atoms with van der Waals surface area (Å²) in [6, 6.07) is 12.1. The van der Waals surface area contributed by atoms with Crippen molar-refractivity contribution in [2.24, 2.45) is 0 Å². The second-order valence-corrected chi connectivity index (χ2v) is 4.85. The van der Waals surface area contributed by atoms with Crippen molar-refractivity contribution in [3.8, 4) is 6.07 Å². The molecule has 2 N–H and O–H groups in total. The number of nitro benzene ring substituents is 1. The minimum absolute atomic E-state index is 0.0765. The van der Waals surface area contributed by atoms with Gasteiger partial charge >= 0.3 is 0 Å². The fourth-order valence-corrected chi connectivity index (χ4v) is 2.11. The first kappa shape index (κ1) is 15.5. The molecular weight excluding hydrogens is 282 g/mol. The number of anilines is 2. The van der Waals surface area contributed by atoms with Crippen molar-refractivity contribution in [3.05, 3.63) is 63.2 Å². The van der Waals surface area contributed by atoms with E-state index in [1.165, 1.54) is 6.07 Å². The van der Waals surface area contributed by atoms with Crippen molar-refractivity contribution in [1.82, 2.24) is 0 Å². The highest BCUT2D eigenvalue weighted by molar-refractivity contribution is 5.72. The highest BCUT2D eigenvalue weighted by Crippen LogP contribution is 2.30. The predicted octanol–water partition coefficient (Wildman–Crippen LogP) is 3.05. The Morgan fingerprint density at radius 1 is 1.32 bits per heavy atom. The summed E-state index contributed by atoms with van der Waals surface area (Å²) in [5.41, 5.74) is 2.86. The second kappa shape index (κ2) is 6.70. The number of nitro groups is 1. The van der Waals surface area contributed by atoms with Gasteiger partial charge in [0.25, 0.3) is 5.69 Å². The standard InChI is InChI=1S/C16H15N3O3/c1-11-8-15(16(19(21)22)9-13(11)10-17)18-14-4-2-12(3-5-14)6-7-20/h2-5,8-9,18,20H,6-7H2,1H3. The largest absolute Gasteiger partial charge is 0.396 e. The molecule has 22 heavy (non-hydrogen) atoms. The lowest BCUT2D eigenvalue weighted by Gasteiger charge is -2.09. The fraction of sp³-hybridized carbons (Fsp3) is 0.188. The van der Waals surface area contributed by atoms with Crippen molar-refractivity contribution < 1.29 is 10.0 Å². The second-order valence-electron chi connectivity index (χ2n) is 4.85. The van der Waals surface area contributed by atoms with Crippen LogP contribution in [0, 0.1) is 28.4 Å². The van der Waals surface area contributed by atoms with Crippen molar-refractivity contribution in [1.29, 1.82) is 5.26 Å². The first-order valence-corrected chi connectivity index (χ1v) is 6.71. The van der Waals surface area contributed by atoms with Crippen LogP contribution in [0.5, 0.6) is 0 Å². The minimum Gasteiger partial charge on any atom is -0.396 e. The van der Waals surface area contributed by atoms with Gasteiger partial charge in [0.1, 0.15) is 5.69 Å². The van der Waals surface area contributed by atoms with Crippen LogP contribution >= 0.6 is 0 Å². The molecule has 0 atom stereocenters. The molecule has 0 fully saturated rings. The van der Waals surface area contributed by atoms with Gasteiger partial charge in [0.2, 0.25) is 0 Å². The smallest absolute Gasteiger partial charge is 0.294 e. The van der Waals surface area contributed by atoms with E-state index in [-0.39, 0.29) is 17.9 Å². The van der Waals surface area contributed by atoms with Crippen molar-refractivity contribution in [2.45, 2.75) is 13.3 Å². The molecule has 0 saturated heterocycles. The summed E-state index contributed by atoms with van der Waals surface area (Å²) < 4.78 is 0. The van der Waals surface area contributed by atoms with Gasteiger partial charge in [-0.2, -0.15) is 5.26 Å². The molecule has 0 saturated carbocycles. The van der Waals surface area contributed by atoms with Gasteiger partial charge in [-0.05, 0) is 42.7 Å². The van der Waals surface area contributed by atoms with Gasteiger partial charge in [0.05, 0.1) is 16.6 Å². The Bertz CT molecular complexity index is 734. The fourth-order valence-electron chi connectivity index (χ4n) is 2.11. The van der Waals surface area contributed by atoms with Crippen molar-refractivity contribution in [3.63, 3.8) is 0 Å². The number of aliphatic hydroxyl groups is 1. The third-order valence-electron chi connectivity index (χ3n) is 3.29. The summed E-state index contributed by atoms with van der Waals surface area (Å²) in [4.78, 5) is 10.6. The molecule has 2 aromatic carbocycles. The number of benzene rings is 2. The molecule has 0 radical (unpaired) electrons. The van der Waals surface area contributed by atoms with Crippen LogP contribution in [0.25, 0.3) is 0 Å². The Morgan fingerprint density at radius 2 is 2.00 bits per heavy atom. The van der Waals surface area contributed by atoms with E-state index < -0.39 is 4.92 Å². The maximum absolute atomic E-state index is 11.2. The highest BCUT2D eigenvalue weighted by atomic mass is 16.6. The topological polar surface area (TPSA) is 99.2 Å². The quantitative estimate of drug-likeness (QED) is 0.652. The third kappa shape index (κ3) is 3.40. The van der Waals surface area contributed by atoms with E-state index in [1.54, 1.807) is 25.1 Å². The molecule has 0 amide bonds. The molecule has 6 heteroatoms. The molecule has 0 heterocycles. The number of aryl methyl sites for hydroxylation is 1. The Labute approximate surface area is 127 Å². The molecule has 2 rings (SSSR count). The number of nitrogens with zero attached hydrogens (tertiary/aromatic N) is 2. The van der Waals surface area contributed by atoms with Crippen LogP contribution in [0.2, 0.25) is 0 Å². The van der Waals surface area contributed by atoms with E-state index >= 15 is 0 Å². The van der Waals surface area contributed by atoms with Crippen LogP contribution in [0.3, 0.4) is 0 Å². The Kier molecular flexibility index (Phi) is 4.71. The summed E-state index contributed by atoms with van der Waals surface area (Å²) >= 11 is 0. The summed E-state index contributed by atoms with van der Waals surface area (Å²) in [6.07, 6.45) is 0.566. The number of hydrogen-bond acceptors (Lipinski definition) is 5. The first-order valence-electron chi connectivity index (χ1n) is 6.71. The van der Waals surface area contributed by atoms with Crippen LogP contribution < -0.4 is 5.32 Å². The monoisotopic (exact) mass is 297 g/mol. The normalized spacial score (nSPS) is 10.0. The Balaban J connectivity index is 2.34.